The fraction of sp³-hybridized carbons (Fsp3) is 0.250. The van der Waals surface area contributed by atoms with Crippen LogP contribution in [0, 0.1) is 13.8 Å². The first kappa shape index (κ1) is 16.9. The van der Waals surface area contributed by atoms with Crippen LogP contribution in [0.1, 0.15) is 29.2 Å². The summed E-state index contributed by atoms with van der Waals surface area (Å²) in [7, 11) is 0. The van der Waals surface area contributed by atoms with E-state index in [4.69, 9.17) is 9.15 Å². The summed E-state index contributed by atoms with van der Waals surface area (Å²) in [6, 6.07) is 7.51. The molecule has 128 valence electrons. The predicted octanol–water partition coefficient (Wildman–Crippen LogP) is 3.52. The van der Waals surface area contributed by atoms with Crippen molar-refractivity contribution in [2.45, 2.75) is 33.8 Å². The number of rotatable bonds is 5. The zero-order valence-electron chi connectivity index (χ0n) is 14.5. The molecule has 0 amide bonds. The van der Waals surface area contributed by atoms with E-state index in [2.05, 4.69) is 4.98 Å². The summed E-state index contributed by atoms with van der Waals surface area (Å²) in [5, 5.41) is 0.821. The molecule has 0 fully saturated rings. The van der Waals surface area contributed by atoms with E-state index in [1.807, 2.05) is 38.1 Å². The Kier molecular flexibility index (Phi) is 4.65. The maximum absolute atomic E-state index is 12.3. The van der Waals surface area contributed by atoms with Crippen LogP contribution < -0.4 is 10.4 Å². The zero-order valence-corrected chi connectivity index (χ0v) is 14.5. The third-order valence-corrected chi connectivity index (χ3v) is 4.20. The van der Waals surface area contributed by atoms with Crippen LogP contribution in [0.25, 0.3) is 11.0 Å². The molecule has 0 aliphatic rings. The van der Waals surface area contributed by atoms with Crippen molar-refractivity contribution >= 4 is 16.8 Å². The lowest BCUT2D eigenvalue weighted by atomic mass is 10.0. The van der Waals surface area contributed by atoms with Crippen LogP contribution in [0.2, 0.25) is 0 Å². The molecular weight excluding hydrogens is 318 g/mol. The highest BCUT2D eigenvalue weighted by atomic mass is 16.5. The molecular formula is C20H19NO4. The van der Waals surface area contributed by atoms with Crippen LogP contribution >= 0.6 is 0 Å². The number of pyridine rings is 1. The third-order valence-electron chi connectivity index (χ3n) is 4.20. The van der Waals surface area contributed by atoms with E-state index in [9.17, 15) is 9.59 Å². The maximum Gasteiger partial charge on any atom is 0.340 e. The van der Waals surface area contributed by atoms with Gasteiger partial charge < -0.3 is 9.15 Å². The molecule has 0 spiro atoms. The Hall–Kier alpha value is -2.95. The summed E-state index contributed by atoms with van der Waals surface area (Å²) in [6.45, 7) is 5.54. The van der Waals surface area contributed by atoms with Crippen LogP contribution in [0.3, 0.4) is 0 Å². The molecule has 0 saturated heterocycles. The number of aromatic nitrogens is 1. The second kappa shape index (κ2) is 6.89. The van der Waals surface area contributed by atoms with Gasteiger partial charge in [-0.05, 0) is 44.5 Å². The minimum Gasteiger partial charge on any atom is -0.488 e. The summed E-state index contributed by atoms with van der Waals surface area (Å²) in [6.07, 6.45) is 3.54. The number of nitrogens with zero attached hydrogens (tertiary/aromatic N) is 1. The fourth-order valence-corrected chi connectivity index (χ4v) is 2.83. The van der Waals surface area contributed by atoms with Crippen molar-refractivity contribution in [2.75, 3.05) is 0 Å². The second-order valence-electron chi connectivity index (χ2n) is 6.09. The minimum atomic E-state index is -0.465. The molecule has 5 heteroatoms. The van der Waals surface area contributed by atoms with Crippen molar-refractivity contribution in [1.29, 1.82) is 0 Å². The van der Waals surface area contributed by atoms with Gasteiger partial charge in [0.1, 0.15) is 23.7 Å². The molecule has 0 aliphatic carbocycles. The van der Waals surface area contributed by atoms with Crippen LogP contribution in [0.5, 0.6) is 5.75 Å². The lowest BCUT2D eigenvalue weighted by Crippen LogP contribution is -2.14. The summed E-state index contributed by atoms with van der Waals surface area (Å²) in [5.74, 6) is 0.584. The summed E-state index contributed by atoms with van der Waals surface area (Å²) in [4.78, 5) is 27.7. The molecule has 0 atom stereocenters. The quantitative estimate of drug-likeness (QED) is 0.666. The Morgan fingerprint density at radius 1 is 1.20 bits per heavy atom. The first-order valence-corrected chi connectivity index (χ1v) is 8.04. The summed E-state index contributed by atoms with van der Waals surface area (Å²) < 4.78 is 11.3. The van der Waals surface area contributed by atoms with E-state index in [-0.39, 0.29) is 12.2 Å². The van der Waals surface area contributed by atoms with Crippen molar-refractivity contribution in [3.8, 4) is 5.75 Å². The molecule has 0 unspecified atom stereocenters. The molecule has 0 aliphatic heterocycles. The largest absolute Gasteiger partial charge is 0.488 e. The normalized spacial score (nSPS) is 10.8. The number of hydrogen-bond acceptors (Lipinski definition) is 5. The third kappa shape index (κ3) is 3.45. The molecule has 1 aromatic carbocycles. The smallest absolute Gasteiger partial charge is 0.340 e. The van der Waals surface area contributed by atoms with Gasteiger partial charge in [-0.25, -0.2) is 4.79 Å². The first-order valence-electron chi connectivity index (χ1n) is 8.04. The number of carbonyl (C=O) groups excluding carboxylic acids is 1. The van der Waals surface area contributed by atoms with Crippen LogP contribution in [-0.2, 0) is 17.8 Å². The van der Waals surface area contributed by atoms with E-state index in [1.165, 1.54) is 6.92 Å². The number of ether oxygens (including phenoxy) is 1. The highest BCUT2D eigenvalue weighted by Gasteiger charge is 2.16. The fourth-order valence-electron chi connectivity index (χ4n) is 2.83. The van der Waals surface area contributed by atoms with E-state index in [1.54, 1.807) is 12.4 Å². The number of ketones is 1. The number of carbonyl (C=O) groups is 1. The van der Waals surface area contributed by atoms with E-state index in [0.717, 1.165) is 22.1 Å². The lowest BCUT2D eigenvalue weighted by molar-refractivity contribution is -0.116. The number of Topliss-reactive ketones (excluding diaryl/α,β-unsaturated/α-hetero) is 1. The average Bonchev–Trinajstić information content (AvgIpc) is 2.59. The average molecular weight is 337 g/mol. The van der Waals surface area contributed by atoms with Crippen molar-refractivity contribution in [1.82, 2.24) is 4.98 Å². The van der Waals surface area contributed by atoms with E-state index >= 15 is 0 Å². The van der Waals surface area contributed by atoms with Gasteiger partial charge in [0.15, 0.2) is 0 Å². The molecule has 2 heterocycles. The molecule has 5 nitrogen and oxygen atoms in total. The monoisotopic (exact) mass is 337 g/mol. The van der Waals surface area contributed by atoms with Gasteiger partial charge in [0.25, 0.3) is 0 Å². The SMILES string of the molecule is CC(=O)Cc1c(C)c2ccc(OCc3cccnc3)c(C)c2oc1=O. The minimum absolute atomic E-state index is 0.0668. The molecule has 0 radical (unpaired) electrons. The molecule has 3 aromatic rings. The van der Waals surface area contributed by atoms with Crippen LogP contribution in [0.15, 0.2) is 45.9 Å². The van der Waals surface area contributed by atoms with Gasteiger partial charge in [0.05, 0.1) is 0 Å². The molecule has 2 aromatic heterocycles. The lowest BCUT2D eigenvalue weighted by Gasteiger charge is -2.13. The highest BCUT2D eigenvalue weighted by Crippen LogP contribution is 2.30. The molecule has 0 bridgehead atoms. The maximum atomic E-state index is 12.3. The van der Waals surface area contributed by atoms with E-state index in [0.29, 0.717) is 23.5 Å². The summed E-state index contributed by atoms with van der Waals surface area (Å²) in [5.41, 5.74) is 2.95. The Morgan fingerprint density at radius 2 is 2.00 bits per heavy atom. The standard InChI is InChI=1S/C20H19NO4/c1-12(22)9-17-13(2)16-6-7-18(14(3)19(16)25-20(17)23)24-11-15-5-4-8-21-10-15/h4-8,10H,9,11H2,1-3H3. The Labute approximate surface area is 145 Å². The van der Waals surface area contributed by atoms with Gasteiger partial charge in [-0.2, -0.15) is 0 Å². The number of hydrogen-bond donors (Lipinski definition) is 0. The highest BCUT2D eigenvalue weighted by molar-refractivity contribution is 5.87. The number of benzene rings is 1. The van der Waals surface area contributed by atoms with Crippen molar-refractivity contribution < 1.29 is 13.9 Å². The Balaban J connectivity index is 2.00. The van der Waals surface area contributed by atoms with E-state index < -0.39 is 5.63 Å². The van der Waals surface area contributed by atoms with Gasteiger partial charge in [0, 0.05) is 40.9 Å². The molecule has 0 saturated carbocycles. The van der Waals surface area contributed by atoms with Crippen molar-refractivity contribution in [2.24, 2.45) is 0 Å². The predicted molar refractivity (Wildman–Crippen MR) is 94.9 cm³/mol. The molecule has 3 rings (SSSR count). The second-order valence-corrected chi connectivity index (χ2v) is 6.09. The van der Waals surface area contributed by atoms with Crippen molar-refractivity contribution in [3.63, 3.8) is 0 Å². The van der Waals surface area contributed by atoms with Gasteiger partial charge >= 0.3 is 5.63 Å². The number of fused-ring (bicyclic) bond motifs is 1. The Morgan fingerprint density at radius 3 is 2.68 bits per heavy atom. The first-order chi connectivity index (χ1) is 12.0. The molecule has 0 N–H and O–H groups in total. The zero-order chi connectivity index (χ0) is 18.0. The topological polar surface area (TPSA) is 69.4 Å². The van der Waals surface area contributed by atoms with Gasteiger partial charge in [-0.1, -0.05) is 6.07 Å². The van der Waals surface area contributed by atoms with Crippen LogP contribution in [-0.4, -0.2) is 10.8 Å². The Bertz CT molecular complexity index is 990. The van der Waals surface area contributed by atoms with Gasteiger partial charge in [-0.3, -0.25) is 9.78 Å². The van der Waals surface area contributed by atoms with Gasteiger partial charge in [-0.15, -0.1) is 0 Å². The van der Waals surface area contributed by atoms with Crippen LogP contribution in [0.4, 0.5) is 0 Å². The van der Waals surface area contributed by atoms with Crippen molar-refractivity contribution in [3.05, 3.63) is 69.3 Å². The summed E-state index contributed by atoms with van der Waals surface area (Å²) >= 11 is 0. The molecule has 25 heavy (non-hydrogen) atoms. The number of aryl methyl sites for hydroxylation is 2. The van der Waals surface area contributed by atoms with Gasteiger partial charge in [0.2, 0.25) is 0 Å².